The van der Waals surface area contributed by atoms with E-state index in [1.165, 1.54) is 0 Å². The zero-order chi connectivity index (χ0) is 28.1. The average Bonchev–Trinajstić information content (AvgIpc) is 3.67. The lowest BCUT2D eigenvalue weighted by Gasteiger charge is -2.22. The van der Waals surface area contributed by atoms with E-state index in [2.05, 4.69) is 20.6 Å². The summed E-state index contributed by atoms with van der Waals surface area (Å²) >= 11 is 0.745. The van der Waals surface area contributed by atoms with Crippen LogP contribution in [-0.4, -0.2) is 68.2 Å². The maximum atomic E-state index is 14.2. The van der Waals surface area contributed by atoms with Crippen molar-refractivity contribution in [2.24, 2.45) is 0 Å². The summed E-state index contributed by atoms with van der Waals surface area (Å²) in [6, 6.07) is -1.69. The molecular weight excluding hydrogens is 545 g/mol. The quantitative estimate of drug-likeness (QED) is 0.406. The molecule has 3 N–H and O–H groups in total. The van der Waals surface area contributed by atoms with E-state index >= 15 is 0 Å². The molecule has 212 valence electrons. The number of fused-ring (bicyclic) bond motifs is 2. The zero-order valence-electron chi connectivity index (χ0n) is 21.0. The second kappa shape index (κ2) is 10.6. The molecule has 3 aliphatic rings. The molecule has 1 unspecified atom stereocenters. The number of hydrogen-bond donors (Lipinski definition) is 3. The van der Waals surface area contributed by atoms with Crippen LogP contribution in [0.1, 0.15) is 84.1 Å². The predicted molar refractivity (Wildman–Crippen MR) is 133 cm³/mol. The van der Waals surface area contributed by atoms with Gasteiger partial charge in [-0.25, -0.2) is 18.7 Å². The molecular formula is C25H28F5N5O3S. The van der Waals surface area contributed by atoms with Crippen LogP contribution in [0, 0.1) is 0 Å². The second-order valence-corrected chi connectivity index (χ2v) is 11.3. The minimum absolute atomic E-state index is 0.00152. The Kier molecular flexibility index (Phi) is 7.53. The fraction of sp³-hybridized carbons (Fsp3) is 0.600. The van der Waals surface area contributed by atoms with Crippen LogP contribution in [0.15, 0.2) is 12.3 Å². The number of aromatic nitrogens is 2. The fourth-order valence-corrected chi connectivity index (χ4v) is 6.67. The van der Waals surface area contributed by atoms with Gasteiger partial charge in [0.25, 0.3) is 18.2 Å². The predicted octanol–water partition coefficient (Wildman–Crippen LogP) is 4.92. The molecule has 2 aromatic rings. The molecule has 2 bridgehead atoms. The number of nitrogens with one attached hydrogen (secondary N) is 2. The van der Waals surface area contributed by atoms with E-state index in [1.54, 1.807) is 4.90 Å². The fourth-order valence-electron chi connectivity index (χ4n) is 5.67. The molecule has 3 atom stereocenters. The van der Waals surface area contributed by atoms with Gasteiger partial charge in [0.15, 0.2) is 5.01 Å². The Labute approximate surface area is 225 Å². The van der Waals surface area contributed by atoms with Crippen molar-refractivity contribution in [1.29, 1.82) is 0 Å². The Bertz CT molecular complexity index is 1240. The number of hydrogen-bond acceptors (Lipinski definition) is 7. The summed E-state index contributed by atoms with van der Waals surface area (Å²) in [7, 11) is 0. The van der Waals surface area contributed by atoms with Gasteiger partial charge in [0.2, 0.25) is 0 Å². The summed E-state index contributed by atoms with van der Waals surface area (Å²) in [4.78, 5) is 36.6. The van der Waals surface area contributed by atoms with Crippen molar-refractivity contribution in [3.8, 4) is 10.4 Å². The molecule has 2 saturated heterocycles. The van der Waals surface area contributed by atoms with Gasteiger partial charge in [-0.2, -0.15) is 13.2 Å². The third kappa shape index (κ3) is 5.45. The molecule has 2 aromatic heterocycles. The molecule has 14 heteroatoms. The number of carbonyl (C=O) groups is 2. The van der Waals surface area contributed by atoms with E-state index in [0.29, 0.717) is 12.8 Å². The first-order valence-electron chi connectivity index (χ1n) is 12.9. The Morgan fingerprint density at radius 3 is 2.36 bits per heavy atom. The normalized spacial score (nSPS) is 25.4. The third-order valence-corrected chi connectivity index (χ3v) is 8.87. The number of rotatable bonds is 7. The Morgan fingerprint density at radius 2 is 1.79 bits per heavy atom. The molecule has 2 aliphatic heterocycles. The lowest BCUT2D eigenvalue weighted by atomic mass is 10.0. The highest BCUT2D eigenvalue weighted by atomic mass is 32.1. The topological polar surface area (TPSA) is 107 Å². The first kappa shape index (κ1) is 27.7. The van der Waals surface area contributed by atoms with Crippen LogP contribution in [0.5, 0.6) is 0 Å². The van der Waals surface area contributed by atoms with Crippen LogP contribution in [-0.2, 0) is 0 Å². The van der Waals surface area contributed by atoms with Gasteiger partial charge >= 0.3 is 6.18 Å². The number of aliphatic hydroxyl groups excluding tert-OH is 1. The molecule has 0 radical (unpaired) electrons. The van der Waals surface area contributed by atoms with Gasteiger partial charge in [-0.15, -0.1) is 11.3 Å². The molecule has 0 aromatic carbocycles. The van der Waals surface area contributed by atoms with Gasteiger partial charge in [0.05, 0.1) is 17.0 Å². The van der Waals surface area contributed by atoms with Crippen molar-refractivity contribution in [2.75, 3.05) is 5.32 Å². The van der Waals surface area contributed by atoms with Crippen molar-refractivity contribution in [1.82, 2.24) is 20.2 Å². The molecule has 1 aliphatic carbocycles. The highest BCUT2D eigenvalue weighted by Crippen LogP contribution is 2.42. The number of carbonyl (C=O) groups excluding carboxylic acids is 2. The number of thiazole rings is 1. The molecule has 1 saturated carbocycles. The van der Waals surface area contributed by atoms with Crippen LogP contribution in [0.3, 0.4) is 0 Å². The number of nitrogens with zero attached hydrogens (tertiary/aromatic N) is 3. The highest BCUT2D eigenvalue weighted by Gasteiger charge is 2.44. The molecule has 0 spiro atoms. The summed E-state index contributed by atoms with van der Waals surface area (Å²) in [5, 5.41) is 14.8. The summed E-state index contributed by atoms with van der Waals surface area (Å²) in [6.07, 6.45) is -2.33. The van der Waals surface area contributed by atoms with Gasteiger partial charge in [0.1, 0.15) is 17.6 Å². The monoisotopic (exact) mass is 573 g/mol. The molecule has 8 nitrogen and oxygen atoms in total. The van der Waals surface area contributed by atoms with Crippen LogP contribution in [0.25, 0.3) is 10.4 Å². The first-order chi connectivity index (χ1) is 18.4. The standard InChI is InChI=1S/C25H28F5N5O3S/c1-11(25(28,29)30)32-18-9-14(21(26)27)15(10-31-18)20-19(24(38)35-12-5-6-13(35)8-7-12)34-23(39-20)22(37)33-16-3-2-4-17(16)36/h9-13,16-17,21,36H,2-8H2,1H3,(H,31,32)(H,33,37)/t11?,12?,13?,16-,17-/m0/s1. The summed E-state index contributed by atoms with van der Waals surface area (Å²) in [6.45, 7) is 0.841. The number of alkyl halides is 5. The Hall–Kier alpha value is -2.87. The van der Waals surface area contributed by atoms with Gasteiger partial charge in [-0.1, -0.05) is 0 Å². The van der Waals surface area contributed by atoms with Crippen molar-refractivity contribution in [2.45, 2.75) is 94.7 Å². The van der Waals surface area contributed by atoms with Gasteiger partial charge in [-0.05, 0) is 57.9 Å². The van der Waals surface area contributed by atoms with Gasteiger partial charge in [0, 0.05) is 29.4 Å². The number of pyridine rings is 1. The molecule has 3 fully saturated rings. The average molecular weight is 574 g/mol. The SMILES string of the molecule is CC(Nc1cc(C(F)F)c(-c2sc(C(=O)N[C@H]3CCC[C@@H]3O)nc2C(=O)N2C3CCC2CC3)cn1)C(F)(F)F. The summed E-state index contributed by atoms with van der Waals surface area (Å²) in [5.74, 6) is -1.51. The maximum absolute atomic E-state index is 14.2. The van der Waals surface area contributed by atoms with E-state index in [9.17, 15) is 36.6 Å². The van der Waals surface area contributed by atoms with E-state index in [-0.39, 0.29) is 33.2 Å². The second-order valence-electron chi connectivity index (χ2n) is 10.3. The van der Waals surface area contributed by atoms with E-state index in [0.717, 1.165) is 62.6 Å². The summed E-state index contributed by atoms with van der Waals surface area (Å²) < 4.78 is 67.4. The zero-order valence-corrected chi connectivity index (χ0v) is 21.8. The number of amides is 2. The van der Waals surface area contributed by atoms with Crippen molar-refractivity contribution in [3.63, 3.8) is 0 Å². The van der Waals surface area contributed by atoms with Crippen molar-refractivity contribution < 1.29 is 36.6 Å². The first-order valence-corrected chi connectivity index (χ1v) is 13.7. The van der Waals surface area contributed by atoms with Crippen LogP contribution >= 0.6 is 11.3 Å². The largest absolute Gasteiger partial charge is 0.408 e. The minimum Gasteiger partial charge on any atom is -0.391 e. The lowest BCUT2D eigenvalue weighted by molar-refractivity contribution is -0.138. The van der Waals surface area contributed by atoms with Gasteiger partial charge < -0.3 is 20.6 Å². The maximum Gasteiger partial charge on any atom is 0.408 e. The Balaban J connectivity index is 1.53. The van der Waals surface area contributed by atoms with Gasteiger partial charge in [-0.3, -0.25) is 9.59 Å². The lowest BCUT2D eigenvalue weighted by Crippen LogP contribution is -2.40. The molecule has 39 heavy (non-hydrogen) atoms. The highest BCUT2D eigenvalue weighted by molar-refractivity contribution is 7.17. The van der Waals surface area contributed by atoms with Crippen LogP contribution in [0.4, 0.5) is 27.8 Å². The van der Waals surface area contributed by atoms with E-state index in [1.807, 2.05) is 0 Å². The van der Waals surface area contributed by atoms with E-state index in [4.69, 9.17) is 0 Å². The third-order valence-electron chi connectivity index (χ3n) is 7.78. The van der Waals surface area contributed by atoms with Crippen LogP contribution < -0.4 is 10.6 Å². The number of aliphatic hydroxyl groups is 1. The van der Waals surface area contributed by atoms with Crippen molar-refractivity contribution in [3.05, 3.63) is 28.5 Å². The molecule has 2 amide bonds. The molecule has 4 heterocycles. The number of anilines is 1. The minimum atomic E-state index is -4.62. The number of halogens is 5. The smallest absolute Gasteiger partial charge is 0.391 e. The summed E-state index contributed by atoms with van der Waals surface area (Å²) in [5.41, 5.74) is -0.978. The van der Waals surface area contributed by atoms with Crippen LogP contribution in [0.2, 0.25) is 0 Å². The Morgan fingerprint density at radius 1 is 1.13 bits per heavy atom. The van der Waals surface area contributed by atoms with E-state index < -0.39 is 54.0 Å². The van der Waals surface area contributed by atoms with Crippen molar-refractivity contribution >= 4 is 29.0 Å². The molecule has 5 rings (SSSR count).